The molecule has 0 bridgehead atoms. The van der Waals surface area contributed by atoms with E-state index in [4.69, 9.17) is 9.84 Å². The fourth-order valence-corrected chi connectivity index (χ4v) is 2.17. The number of β-amino-alcohol motifs (C(OH)–C–C–N with tert-alkyl or cyclic N) is 1. The lowest BCUT2D eigenvalue weighted by Gasteiger charge is -2.22. The lowest BCUT2D eigenvalue weighted by Crippen LogP contribution is -2.30. The molecule has 1 amide bonds. The van der Waals surface area contributed by atoms with Gasteiger partial charge in [0, 0.05) is 5.56 Å². The number of aliphatic hydroxyl groups is 1. The highest BCUT2D eigenvalue weighted by Crippen LogP contribution is 2.36. The first-order valence-electron chi connectivity index (χ1n) is 5.40. The van der Waals surface area contributed by atoms with Crippen molar-refractivity contribution in [1.82, 2.24) is 9.88 Å². The van der Waals surface area contributed by atoms with Crippen molar-refractivity contribution in [1.29, 1.82) is 0 Å². The van der Waals surface area contributed by atoms with Crippen LogP contribution in [-0.2, 0) is 0 Å². The average Bonchev–Trinajstić information content (AvgIpc) is 2.71. The number of pyridine rings is 1. The van der Waals surface area contributed by atoms with E-state index >= 15 is 0 Å². The largest absolute Gasteiger partial charge is 0.481 e. The summed E-state index contributed by atoms with van der Waals surface area (Å²) in [4.78, 5) is 15.9. The van der Waals surface area contributed by atoms with Crippen LogP contribution < -0.4 is 4.74 Å². The molecule has 0 aliphatic carbocycles. The molecule has 0 spiro atoms. The fraction of sp³-hybridized carbons (Fsp3) is 0.455. The van der Waals surface area contributed by atoms with Gasteiger partial charge < -0.3 is 14.9 Å². The summed E-state index contributed by atoms with van der Waals surface area (Å²) in [5.41, 5.74) is 0.330. The number of methoxy groups -OCH3 is 1. The molecule has 7 heteroatoms. The summed E-state index contributed by atoms with van der Waals surface area (Å²) >= 11 is 0. The van der Waals surface area contributed by atoms with Gasteiger partial charge >= 0.3 is 6.09 Å². The Morgan fingerprint density at radius 3 is 3.00 bits per heavy atom. The van der Waals surface area contributed by atoms with Crippen LogP contribution in [0, 0.1) is 5.82 Å². The van der Waals surface area contributed by atoms with Gasteiger partial charge in [0.1, 0.15) is 5.82 Å². The summed E-state index contributed by atoms with van der Waals surface area (Å²) in [6, 6.07) is 0.542. The summed E-state index contributed by atoms with van der Waals surface area (Å²) in [5.74, 6) is -0.403. The second kappa shape index (κ2) is 4.77. The zero-order valence-corrected chi connectivity index (χ0v) is 9.71. The topological polar surface area (TPSA) is 82.9 Å². The predicted molar refractivity (Wildman–Crippen MR) is 58.8 cm³/mol. The molecule has 18 heavy (non-hydrogen) atoms. The smallest absolute Gasteiger partial charge is 0.407 e. The highest BCUT2D eigenvalue weighted by atomic mass is 19.1. The Bertz CT molecular complexity index is 468. The first-order chi connectivity index (χ1) is 8.52. The van der Waals surface area contributed by atoms with Crippen molar-refractivity contribution in [3.63, 3.8) is 0 Å². The Morgan fingerprint density at radius 1 is 1.67 bits per heavy atom. The Balaban J connectivity index is 2.40. The van der Waals surface area contributed by atoms with Crippen LogP contribution in [0.5, 0.6) is 5.88 Å². The van der Waals surface area contributed by atoms with Crippen molar-refractivity contribution < 1.29 is 24.1 Å². The van der Waals surface area contributed by atoms with Gasteiger partial charge in [-0.05, 0) is 12.5 Å². The van der Waals surface area contributed by atoms with E-state index < -0.39 is 24.1 Å². The second-order valence-electron chi connectivity index (χ2n) is 4.09. The van der Waals surface area contributed by atoms with Gasteiger partial charge in [-0.2, -0.15) is 0 Å². The van der Waals surface area contributed by atoms with Gasteiger partial charge in [0.05, 0.1) is 32.0 Å². The van der Waals surface area contributed by atoms with Gasteiger partial charge in [-0.1, -0.05) is 0 Å². The molecular weight excluding hydrogens is 243 g/mol. The van der Waals surface area contributed by atoms with E-state index in [1.165, 1.54) is 13.2 Å². The summed E-state index contributed by atoms with van der Waals surface area (Å²) < 4.78 is 18.2. The van der Waals surface area contributed by atoms with Gasteiger partial charge in [-0.3, -0.25) is 4.90 Å². The summed E-state index contributed by atoms with van der Waals surface area (Å²) in [6.07, 6.45) is -0.728. The standard InChI is InChI=1S/C11H13FN2O4/c1-18-10-8(2-6(12)4-13-10)9-3-7(15)5-14(9)11(16)17/h2,4,7,9,15H,3,5H2,1H3,(H,16,17). The third-order valence-electron chi connectivity index (χ3n) is 2.92. The quantitative estimate of drug-likeness (QED) is 0.825. The summed E-state index contributed by atoms with van der Waals surface area (Å²) in [5, 5.41) is 18.6. The molecular formula is C11H13FN2O4. The first-order valence-corrected chi connectivity index (χ1v) is 5.40. The normalized spacial score (nSPS) is 23.2. The molecule has 1 saturated heterocycles. The van der Waals surface area contributed by atoms with E-state index in [2.05, 4.69) is 4.98 Å². The number of carbonyl (C=O) groups is 1. The molecule has 1 aromatic rings. The zero-order chi connectivity index (χ0) is 13.3. The van der Waals surface area contributed by atoms with Crippen LogP contribution >= 0.6 is 0 Å². The number of aliphatic hydroxyl groups excluding tert-OH is 1. The maximum atomic E-state index is 13.2. The molecule has 0 radical (unpaired) electrons. The van der Waals surface area contributed by atoms with E-state index in [0.29, 0.717) is 5.56 Å². The molecule has 0 saturated carbocycles. The molecule has 2 atom stereocenters. The van der Waals surface area contributed by atoms with E-state index in [0.717, 1.165) is 11.1 Å². The van der Waals surface area contributed by atoms with E-state index in [-0.39, 0.29) is 18.8 Å². The van der Waals surface area contributed by atoms with Gasteiger partial charge in [0.2, 0.25) is 5.88 Å². The van der Waals surface area contributed by atoms with Gasteiger partial charge in [-0.25, -0.2) is 14.2 Å². The molecule has 2 rings (SSSR count). The minimum atomic E-state index is -1.16. The number of ether oxygens (including phenoxy) is 1. The zero-order valence-electron chi connectivity index (χ0n) is 9.71. The number of hydrogen-bond donors (Lipinski definition) is 2. The maximum Gasteiger partial charge on any atom is 0.407 e. The fourth-order valence-electron chi connectivity index (χ4n) is 2.17. The number of amides is 1. The van der Waals surface area contributed by atoms with Crippen LogP contribution in [-0.4, -0.2) is 45.9 Å². The molecule has 1 aliphatic rings. The minimum absolute atomic E-state index is 0.000330. The maximum absolute atomic E-state index is 13.2. The molecule has 1 fully saturated rings. The van der Waals surface area contributed by atoms with Crippen molar-refractivity contribution >= 4 is 6.09 Å². The van der Waals surface area contributed by atoms with Crippen LogP contribution in [0.1, 0.15) is 18.0 Å². The van der Waals surface area contributed by atoms with Crippen molar-refractivity contribution in [2.45, 2.75) is 18.6 Å². The van der Waals surface area contributed by atoms with Crippen LogP contribution in [0.2, 0.25) is 0 Å². The van der Waals surface area contributed by atoms with Crippen molar-refractivity contribution in [2.75, 3.05) is 13.7 Å². The molecule has 1 aromatic heterocycles. The predicted octanol–water partition coefficient (Wildman–Crippen LogP) is 1.01. The molecule has 2 unspecified atom stereocenters. The summed E-state index contributed by atoms with van der Waals surface area (Å²) in [6.45, 7) is -0.000330. The Morgan fingerprint density at radius 2 is 2.39 bits per heavy atom. The number of nitrogens with zero attached hydrogens (tertiary/aromatic N) is 2. The Hall–Kier alpha value is -1.89. The number of carboxylic acid groups (broad SMARTS) is 1. The summed E-state index contributed by atoms with van der Waals surface area (Å²) in [7, 11) is 1.38. The van der Waals surface area contributed by atoms with Crippen LogP contribution in [0.15, 0.2) is 12.3 Å². The number of hydrogen-bond acceptors (Lipinski definition) is 4. The molecule has 6 nitrogen and oxygen atoms in total. The van der Waals surface area contributed by atoms with Gasteiger partial charge in [0.25, 0.3) is 0 Å². The number of aromatic nitrogens is 1. The number of likely N-dealkylation sites (tertiary alicyclic amines) is 1. The molecule has 98 valence electrons. The third kappa shape index (κ3) is 2.21. The van der Waals surface area contributed by atoms with Crippen LogP contribution in [0.25, 0.3) is 0 Å². The highest BCUT2D eigenvalue weighted by molar-refractivity contribution is 5.66. The number of halogens is 1. The van der Waals surface area contributed by atoms with Crippen LogP contribution in [0.3, 0.4) is 0 Å². The average molecular weight is 256 g/mol. The van der Waals surface area contributed by atoms with E-state index in [9.17, 15) is 14.3 Å². The Kier molecular flexibility index (Phi) is 3.33. The van der Waals surface area contributed by atoms with Crippen LogP contribution in [0.4, 0.5) is 9.18 Å². The lowest BCUT2D eigenvalue weighted by molar-refractivity contribution is 0.131. The van der Waals surface area contributed by atoms with Gasteiger partial charge in [0.15, 0.2) is 0 Å². The lowest BCUT2D eigenvalue weighted by atomic mass is 10.1. The van der Waals surface area contributed by atoms with Crippen molar-refractivity contribution in [3.05, 3.63) is 23.6 Å². The minimum Gasteiger partial charge on any atom is -0.481 e. The van der Waals surface area contributed by atoms with E-state index in [1.807, 2.05) is 0 Å². The number of rotatable bonds is 2. The van der Waals surface area contributed by atoms with E-state index in [1.54, 1.807) is 0 Å². The molecule has 1 aliphatic heterocycles. The highest BCUT2D eigenvalue weighted by Gasteiger charge is 2.37. The second-order valence-corrected chi connectivity index (χ2v) is 4.09. The first kappa shape index (κ1) is 12.6. The van der Waals surface area contributed by atoms with Crippen molar-refractivity contribution in [3.8, 4) is 5.88 Å². The van der Waals surface area contributed by atoms with Gasteiger partial charge in [-0.15, -0.1) is 0 Å². The molecule has 2 heterocycles. The third-order valence-corrected chi connectivity index (χ3v) is 2.92. The Labute approximate surface area is 103 Å². The SMILES string of the molecule is COc1ncc(F)cc1C1CC(O)CN1C(=O)O. The van der Waals surface area contributed by atoms with Crippen molar-refractivity contribution in [2.24, 2.45) is 0 Å². The monoisotopic (exact) mass is 256 g/mol. The molecule has 2 N–H and O–H groups in total. The molecule has 0 aromatic carbocycles.